The minimum atomic E-state index is -4.74. The molecular weight excluding hydrogens is 593 g/mol. The minimum absolute atomic E-state index is 0.0476. The van der Waals surface area contributed by atoms with Crippen molar-refractivity contribution < 1.29 is 21.6 Å². The minimum Gasteiger partial charge on any atom is -0.228 e. The first-order chi connectivity index (χ1) is 19.5. The van der Waals surface area contributed by atoms with Crippen LogP contribution in [-0.2, 0) is 16.2 Å². The lowest BCUT2D eigenvalue weighted by molar-refractivity contribution is -0.136. The fourth-order valence-corrected chi connectivity index (χ4v) is 5.82. The third-order valence-corrected chi connectivity index (χ3v) is 8.37. The summed E-state index contributed by atoms with van der Waals surface area (Å²) in [5, 5.41) is 13.9. The number of hydrogen-bond donors (Lipinski definition) is 1. The van der Waals surface area contributed by atoms with Gasteiger partial charge in [-0.25, -0.2) is 23.2 Å². The Morgan fingerprint density at radius 2 is 1.46 bits per heavy atom. The summed E-state index contributed by atoms with van der Waals surface area (Å²) in [6.45, 7) is 0. The highest BCUT2D eigenvalue weighted by atomic mass is 35.5. The normalized spacial score (nSPS) is 12.2. The summed E-state index contributed by atoms with van der Waals surface area (Å²) in [5.74, 6) is 0. The van der Waals surface area contributed by atoms with Gasteiger partial charge in [-0.2, -0.15) is 29.6 Å². The van der Waals surface area contributed by atoms with E-state index in [9.17, 15) is 21.6 Å². The Labute approximate surface area is 241 Å². The van der Waals surface area contributed by atoms with Crippen LogP contribution in [0.2, 0.25) is 5.02 Å². The largest absolute Gasteiger partial charge is 0.417 e. The zero-order valence-corrected chi connectivity index (χ0v) is 23.2. The molecule has 0 saturated carbocycles. The summed E-state index contributed by atoms with van der Waals surface area (Å²) < 4.78 is 68.8. The van der Waals surface area contributed by atoms with E-state index in [0.29, 0.717) is 21.8 Å². The highest BCUT2D eigenvalue weighted by molar-refractivity contribution is 7.89. The van der Waals surface area contributed by atoms with Crippen LogP contribution in [0.25, 0.3) is 50.4 Å². The fourth-order valence-electron chi connectivity index (χ4n) is 4.52. The van der Waals surface area contributed by atoms with E-state index in [0.717, 1.165) is 17.2 Å². The molecule has 206 valence electrons. The van der Waals surface area contributed by atoms with E-state index in [4.69, 9.17) is 16.7 Å². The predicted octanol–water partition coefficient (Wildman–Crippen LogP) is 7.80. The van der Waals surface area contributed by atoms with Crippen molar-refractivity contribution in [2.45, 2.75) is 11.1 Å². The molecule has 0 aliphatic rings. The van der Waals surface area contributed by atoms with Gasteiger partial charge in [-0.1, -0.05) is 48.0 Å². The van der Waals surface area contributed by atoms with Gasteiger partial charge in [0.1, 0.15) is 5.69 Å². The first-order valence-electron chi connectivity index (χ1n) is 12.0. The molecule has 41 heavy (non-hydrogen) atoms. The van der Waals surface area contributed by atoms with Crippen molar-refractivity contribution in [2.24, 2.45) is 5.14 Å². The molecule has 0 spiro atoms. The van der Waals surface area contributed by atoms with Gasteiger partial charge < -0.3 is 0 Å². The van der Waals surface area contributed by atoms with Crippen LogP contribution in [0.1, 0.15) is 5.56 Å². The lowest BCUT2D eigenvalue weighted by Gasteiger charge is -2.13. The average molecular weight is 611 g/mol. The third-order valence-electron chi connectivity index (χ3n) is 6.51. The Hall–Kier alpha value is -4.03. The van der Waals surface area contributed by atoms with Gasteiger partial charge in [0, 0.05) is 16.1 Å². The standard InChI is InChI=1S/C29H18ClF3N4O2S2/c30-21-7-5-19(6-8-21)27-26-24(29(31,32)33)15-25(18-3-1-17(2-4-18)20-13-14-40-16-20)35-28(26)37(36-27)22-9-11-23(12-10-22)41(34,38)39/h1-16H,(H2,34,38,39). The quantitative estimate of drug-likeness (QED) is 0.216. The number of aromatic nitrogens is 3. The van der Waals surface area contributed by atoms with Gasteiger partial charge in [0.05, 0.1) is 27.2 Å². The van der Waals surface area contributed by atoms with E-state index in [2.05, 4.69) is 10.1 Å². The van der Waals surface area contributed by atoms with Gasteiger partial charge in [0.2, 0.25) is 10.0 Å². The highest BCUT2D eigenvalue weighted by Crippen LogP contribution is 2.42. The van der Waals surface area contributed by atoms with Crippen molar-refractivity contribution >= 4 is 44.0 Å². The number of nitrogens with zero attached hydrogens (tertiary/aromatic N) is 3. The van der Waals surface area contributed by atoms with Crippen molar-refractivity contribution in [1.29, 1.82) is 0 Å². The van der Waals surface area contributed by atoms with Gasteiger partial charge in [-0.15, -0.1) is 0 Å². The maximum Gasteiger partial charge on any atom is 0.417 e. The van der Waals surface area contributed by atoms with Crippen molar-refractivity contribution in [3.63, 3.8) is 0 Å². The molecule has 3 aromatic carbocycles. The Bertz CT molecular complexity index is 1990. The van der Waals surface area contributed by atoms with E-state index in [1.54, 1.807) is 47.7 Å². The van der Waals surface area contributed by atoms with Crippen LogP contribution in [0.5, 0.6) is 0 Å². The second-order valence-corrected chi connectivity index (χ2v) is 11.9. The van der Waals surface area contributed by atoms with Gasteiger partial charge >= 0.3 is 6.18 Å². The smallest absolute Gasteiger partial charge is 0.228 e. The van der Waals surface area contributed by atoms with Crippen LogP contribution in [0.3, 0.4) is 0 Å². The molecule has 0 bridgehead atoms. The third kappa shape index (κ3) is 5.24. The van der Waals surface area contributed by atoms with Gasteiger partial charge in [0.15, 0.2) is 5.65 Å². The first kappa shape index (κ1) is 27.2. The number of halogens is 4. The van der Waals surface area contributed by atoms with Crippen molar-refractivity contribution in [3.05, 3.63) is 106 Å². The zero-order valence-electron chi connectivity index (χ0n) is 20.8. The lowest BCUT2D eigenvalue weighted by Crippen LogP contribution is -2.12. The van der Waals surface area contributed by atoms with E-state index in [-0.39, 0.29) is 27.3 Å². The van der Waals surface area contributed by atoms with Crippen LogP contribution in [-0.4, -0.2) is 23.2 Å². The molecule has 6 nitrogen and oxygen atoms in total. The van der Waals surface area contributed by atoms with Gasteiger partial charge in [-0.3, -0.25) is 0 Å². The number of alkyl halides is 3. The summed E-state index contributed by atoms with van der Waals surface area (Å²) in [4.78, 5) is 4.51. The SMILES string of the molecule is NS(=O)(=O)c1ccc(-n2nc(-c3ccc(Cl)cc3)c3c(C(F)(F)F)cc(-c4ccc(-c5ccsc5)cc4)nc32)cc1. The summed E-state index contributed by atoms with van der Waals surface area (Å²) in [5.41, 5.74) is 2.32. The summed E-state index contributed by atoms with van der Waals surface area (Å²) in [6.07, 6.45) is -4.74. The Kier molecular flexibility index (Phi) is 6.69. The van der Waals surface area contributed by atoms with Crippen molar-refractivity contribution in [3.8, 4) is 39.3 Å². The molecular formula is C29H18ClF3N4O2S2. The molecule has 2 N–H and O–H groups in total. The number of primary sulfonamides is 1. The topological polar surface area (TPSA) is 90.9 Å². The first-order valence-corrected chi connectivity index (χ1v) is 14.9. The number of thiophene rings is 1. The van der Waals surface area contributed by atoms with Crippen LogP contribution < -0.4 is 5.14 Å². The Balaban J connectivity index is 1.61. The van der Waals surface area contributed by atoms with Gasteiger partial charge in [-0.05, 0) is 70.4 Å². The number of fused-ring (bicyclic) bond motifs is 1. The fraction of sp³-hybridized carbons (Fsp3) is 0.0345. The predicted molar refractivity (Wildman–Crippen MR) is 154 cm³/mol. The molecule has 0 atom stereocenters. The number of pyridine rings is 1. The molecule has 6 rings (SSSR count). The van der Waals surface area contributed by atoms with Crippen molar-refractivity contribution in [1.82, 2.24) is 14.8 Å². The molecule has 0 radical (unpaired) electrons. The van der Waals surface area contributed by atoms with E-state index in [1.165, 1.54) is 28.9 Å². The van der Waals surface area contributed by atoms with Crippen molar-refractivity contribution in [2.75, 3.05) is 0 Å². The monoisotopic (exact) mass is 610 g/mol. The number of hydrogen-bond acceptors (Lipinski definition) is 5. The molecule has 3 heterocycles. The Morgan fingerprint density at radius 3 is 2.05 bits per heavy atom. The lowest BCUT2D eigenvalue weighted by atomic mass is 10.0. The van der Waals surface area contributed by atoms with Crippen LogP contribution in [0.4, 0.5) is 13.2 Å². The average Bonchev–Trinajstić information content (AvgIpc) is 3.61. The van der Waals surface area contributed by atoms with Crippen LogP contribution in [0.15, 0.2) is 101 Å². The maximum atomic E-state index is 14.7. The summed E-state index contributed by atoms with van der Waals surface area (Å²) >= 11 is 7.58. The molecule has 0 amide bonds. The molecule has 3 aromatic heterocycles. The van der Waals surface area contributed by atoms with Gasteiger partial charge in [0.25, 0.3) is 0 Å². The molecule has 6 aromatic rings. The number of nitrogens with two attached hydrogens (primary N) is 1. The molecule has 0 fully saturated rings. The number of sulfonamides is 1. The molecule has 12 heteroatoms. The molecule has 0 unspecified atom stereocenters. The highest BCUT2D eigenvalue weighted by Gasteiger charge is 2.36. The molecule has 0 aliphatic carbocycles. The number of benzene rings is 3. The number of rotatable bonds is 5. The van der Waals surface area contributed by atoms with Crippen LogP contribution >= 0.6 is 22.9 Å². The molecule has 0 aliphatic heterocycles. The summed E-state index contributed by atoms with van der Waals surface area (Å²) in [6, 6.07) is 21.7. The second-order valence-electron chi connectivity index (χ2n) is 9.15. The zero-order chi connectivity index (χ0) is 28.9. The van der Waals surface area contributed by atoms with E-state index < -0.39 is 21.8 Å². The summed E-state index contributed by atoms with van der Waals surface area (Å²) in [7, 11) is -3.98. The second kappa shape index (κ2) is 10.1. The van der Waals surface area contributed by atoms with Crippen LogP contribution in [0, 0.1) is 0 Å². The Morgan fingerprint density at radius 1 is 0.829 bits per heavy atom. The molecule has 0 saturated heterocycles. The maximum absolute atomic E-state index is 14.7. The van der Waals surface area contributed by atoms with E-state index in [1.807, 2.05) is 29.0 Å². The van der Waals surface area contributed by atoms with E-state index >= 15 is 0 Å².